The van der Waals surface area contributed by atoms with Crippen LogP contribution in [0.2, 0.25) is 5.02 Å². The maximum absolute atomic E-state index is 12.6. The monoisotopic (exact) mass is 354 g/mol. The van der Waals surface area contributed by atoms with Gasteiger partial charge in [0, 0.05) is 29.4 Å². The number of nitrogens with zero attached hydrogens (tertiary/aromatic N) is 1. The molecule has 1 aliphatic heterocycles. The average Bonchev–Trinajstić information content (AvgIpc) is 3.20. The van der Waals surface area contributed by atoms with E-state index in [1.807, 2.05) is 18.2 Å². The molecule has 1 heterocycles. The number of hydrogen-bond donors (Lipinski definition) is 1. The minimum absolute atomic E-state index is 0.0450. The molecule has 128 valence electrons. The Balaban J connectivity index is 1.45. The van der Waals surface area contributed by atoms with Crippen LogP contribution >= 0.6 is 11.6 Å². The molecule has 0 aromatic heterocycles. The highest BCUT2D eigenvalue weighted by Gasteiger charge is 2.35. The lowest BCUT2D eigenvalue weighted by atomic mass is 10.1. The summed E-state index contributed by atoms with van der Waals surface area (Å²) < 4.78 is 0. The van der Waals surface area contributed by atoms with E-state index in [4.69, 9.17) is 11.6 Å². The van der Waals surface area contributed by atoms with Crippen molar-refractivity contribution in [1.82, 2.24) is 0 Å². The van der Waals surface area contributed by atoms with E-state index in [1.54, 1.807) is 17.0 Å². The van der Waals surface area contributed by atoms with Crippen molar-refractivity contribution in [3.05, 3.63) is 58.6 Å². The second-order valence-electron chi connectivity index (χ2n) is 6.71. The molecule has 2 aromatic rings. The average molecular weight is 355 g/mol. The molecule has 1 saturated heterocycles. The molecule has 1 fully saturated rings. The molecule has 1 N–H and O–H groups in total. The quantitative estimate of drug-likeness (QED) is 0.910. The summed E-state index contributed by atoms with van der Waals surface area (Å²) in [5.74, 6) is -0.494. The van der Waals surface area contributed by atoms with Gasteiger partial charge in [0.1, 0.15) is 0 Å². The molecule has 2 aromatic carbocycles. The Bertz CT molecular complexity index is 849. The summed E-state index contributed by atoms with van der Waals surface area (Å²) in [5, 5.41) is 3.55. The van der Waals surface area contributed by atoms with Crippen molar-refractivity contribution in [3.63, 3.8) is 0 Å². The van der Waals surface area contributed by atoms with Crippen LogP contribution in [0.1, 0.15) is 24.0 Å². The smallest absolute Gasteiger partial charge is 0.229 e. The van der Waals surface area contributed by atoms with Crippen LogP contribution in [0.5, 0.6) is 0 Å². The van der Waals surface area contributed by atoms with Crippen LogP contribution in [0.3, 0.4) is 0 Å². The number of benzene rings is 2. The number of hydrogen-bond acceptors (Lipinski definition) is 2. The predicted molar refractivity (Wildman–Crippen MR) is 99.0 cm³/mol. The third-order valence-corrected chi connectivity index (χ3v) is 5.22. The number of nitrogens with one attached hydrogen (secondary N) is 1. The van der Waals surface area contributed by atoms with Crippen LogP contribution in [0, 0.1) is 5.92 Å². The van der Waals surface area contributed by atoms with E-state index in [1.165, 1.54) is 17.5 Å². The minimum Gasteiger partial charge on any atom is -0.326 e. The first-order valence-electron chi connectivity index (χ1n) is 8.59. The lowest BCUT2D eigenvalue weighted by Crippen LogP contribution is -2.28. The van der Waals surface area contributed by atoms with Crippen LogP contribution in [0.25, 0.3) is 0 Å². The maximum Gasteiger partial charge on any atom is 0.229 e. The minimum atomic E-state index is -0.347. The number of carbonyl (C=O) groups is 2. The molecule has 25 heavy (non-hydrogen) atoms. The molecule has 2 amide bonds. The Morgan fingerprint density at radius 3 is 2.80 bits per heavy atom. The first-order valence-corrected chi connectivity index (χ1v) is 8.96. The van der Waals surface area contributed by atoms with Gasteiger partial charge < -0.3 is 10.2 Å². The van der Waals surface area contributed by atoms with Crippen LogP contribution in [0.4, 0.5) is 11.4 Å². The molecular formula is C20H19ClN2O2. The van der Waals surface area contributed by atoms with Gasteiger partial charge in [-0.3, -0.25) is 9.59 Å². The van der Waals surface area contributed by atoms with E-state index >= 15 is 0 Å². The molecule has 5 heteroatoms. The fourth-order valence-electron chi connectivity index (χ4n) is 3.67. The zero-order valence-corrected chi connectivity index (χ0v) is 14.6. The zero-order chi connectivity index (χ0) is 17.4. The van der Waals surface area contributed by atoms with Crippen molar-refractivity contribution < 1.29 is 9.59 Å². The van der Waals surface area contributed by atoms with Crippen molar-refractivity contribution in [1.29, 1.82) is 0 Å². The summed E-state index contributed by atoms with van der Waals surface area (Å²) >= 11 is 6.01. The standard InChI is InChI=1S/C20H19ClN2O2/c21-16-5-2-6-18(11-16)23-12-15(10-19(23)24)20(25)22-17-8-7-13-3-1-4-14(13)9-17/h2,5-9,11,15H,1,3-4,10,12H2,(H,22,25)/t15-/m0/s1. The van der Waals surface area contributed by atoms with Gasteiger partial charge in [-0.2, -0.15) is 0 Å². The first-order chi connectivity index (χ1) is 12.1. The van der Waals surface area contributed by atoms with Crippen molar-refractivity contribution in [2.45, 2.75) is 25.7 Å². The zero-order valence-electron chi connectivity index (χ0n) is 13.8. The van der Waals surface area contributed by atoms with E-state index in [0.717, 1.165) is 24.2 Å². The van der Waals surface area contributed by atoms with Gasteiger partial charge in [0.2, 0.25) is 11.8 Å². The molecule has 0 saturated carbocycles. The number of carbonyl (C=O) groups excluding carboxylic acids is 2. The molecule has 0 unspecified atom stereocenters. The predicted octanol–water partition coefficient (Wildman–Crippen LogP) is 3.82. The van der Waals surface area contributed by atoms with Crippen LogP contribution in [0.15, 0.2) is 42.5 Å². The van der Waals surface area contributed by atoms with Gasteiger partial charge in [-0.05, 0) is 60.7 Å². The Hall–Kier alpha value is -2.33. The molecule has 2 aliphatic rings. The highest BCUT2D eigenvalue weighted by molar-refractivity contribution is 6.31. The Labute approximate surface area is 151 Å². The molecule has 4 rings (SSSR count). The normalized spacial score (nSPS) is 19.2. The van der Waals surface area contributed by atoms with E-state index in [-0.39, 0.29) is 24.2 Å². The van der Waals surface area contributed by atoms with Gasteiger partial charge in [0.15, 0.2) is 0 Å². The number of aryl methyl sites for hydroxylation is 2. The SMILES string of the molecule is O=C(Nc1ccc2c(c1)CCC2)[C@H]1CC(=O)N(c2cccc(Cl)c2)C1. The lowest BCUT2D eigenvalue weighted by molar-refractivity contribution is -0.122. The third kappa shape index (κ3) is 3.27. The summed E-state index contributed by atoms with van der Waals surface area (Å²) in [6.07, 6.45) is 3.60. The van der Waals surface area contributed by atoms with E-state index in [2.05, 4.69) is 17.4 Å². The molecular weight excluding hydrogens is 336 g/mol. The lowest BCUT2D eigenvalue weighted by Gasteiger charge is -2.17. The van der Waals surface area contributed by atoms with Gasteiger partial charge in [-0.1, -0.05) is 23.7 Å². The highest BCUT2D eigenvalue weighted by atomic mass is 35.5. The molecule has 0 radical (unpaired) electrons. The molecule has 0 bridgehead atoms. The summed E-state index contributed by atoms with van der Waals surface area (Å²) in [7, 11) is 0. The van der Waals surface area contributed by atoms with Crippen molar-refractivity contribution in [2.75, 3.05) is 16.8 Å². The van der Waals surface area contributed by atoms with Gasteiger partial charge in [0.05, 0.1) is 5.92 Å². The molecule has 1 atom stereocenters. The number of fused-ring (bicyclic) bond motifs is 1. The summed E-state index contributed by atoms with van der Waals surface area (Å²) in [6, 6.07) is 13.3. The van der Waals surface area contributed by atoms with Gasteiger partial charge in [-0.15, -0.1) is 0 Å². The van der Waals surface area contributed by atoms with E-state index < -0.39 is 0 Å². The fourth-order valence-corrected chi connectivity index (χ4v) is 3.86. The van der Waals surface area contributed by atoms with Crippen molar-refractivity contribution in [3.8, 4) is 0 Å². The fraction of sp³-hybridized carbons (Fsp3) is 0.300. The topological polar surface area (TPSA) is 49.4 Å². The second-order valence-corrected chi connectivity index (χ2v) is 7.15. The van der Waals surface area contributed by atoms with Crippen molar-refractivity contribution >= 4 is 34.8 Å². The van der Waals surface area contributed by atoms with Gasteiger partial charge >= 0.3 is 0 Å². The van der Waals surface area contributed by atoms with E-state index in [9.17, 15) is 9.59 Å². The van der Waals surface area contributed by atoms with Crippen LogP contribution in [-0.4, -0.2) is 18.4 Å². The summed E-state index contributed by atoms with van der Waals surface area (Å²) in [6.45, 7) is 0.385. The van der Waals surface area contributed by atoms with Crippen molar-refractivity contribution in [2.24, 2.45) is 5.92 Å². The molecule has 1 aliphatic carbocycles. The Kier molecular flexibility index (Phi) is 4.22. The Morgan fingerprint density at radius 2 is 1.96 bits per heavy atom. The van der Waals surface area contributed by atoms with Crippen LogP contribution < -0.4 is 10.2 Å². The number of halogens is 1. The summed E-state index contributed by atoms with van der Waals surface area (Å²) in [4.78, 5) is 26.5. The molecule has 0 spiro atoms. The van der Waals surface area contributed by atoms with E-state index in [0.29, 0.717) is 11.6 Å². The number of rotatable bonds is 3. The molecule has 4 nitrogen and oxygen atoms in total. The highest BCUT2D eigenvalue weighted by Crippen LogP contribution is 2.29. The van der Waals surface area contributed by atoms with Gasteiger partial charge in [-0.25, -0.2) is 0 Å². The summed E-state index contributed by atoms with van der Waals surface area (Å²) in [5.41, 5.74) is 4.26. The number of anilines is 2. The third-order valence-electron chi connectivity index (χ3n) is 4.98. The van der Waals surface area contributed by atoms with Crippen LogP contribution in [-0.2, 0) is 22.4 Å². The number of amides is 2. The Morgan fingerprint density at radius 1 is 1.12 bits per heavy atom. The maximum atomic E-state index is 12.6. The first kappa shape index (κ1) is 16.2. The largest absolute Gasteiger partial charge is 0.326 e. The van der Waals surface area contributed by atoms with Gasteiger partial charge in [0.25, 0.3) is 0 Å². The second kappa shape index (κ2) is 6.52.